The van der Waals surface area contributed by atoms with Crippen LogP contribution in [0, 0.1) is 0 Å². The first-order valence-electron chi connectivity index (χ1n) is 6.65. The third kappa shape index (κ3) is 3.46. The number of aryl methyl sites for hydroxylation is 1. The van der Waals surface area contributed by atoms with Gasteiger partial charge in [0, 0.05) is 34.4 Å². The van der Waals surface area contributed by atoms with Crippen LogP contribution in [0.3, 0.4) is 0 Å². The minimum atomic E-state index is -3.52. The van der Waals surface area contributed by atoms with Gasteiger partial charge in [-0.05, 0) is 30.0 Å². The fourth-order valence-corrected chi connectivity index (χ4v) is 4.83. The minimum absolute atomic E-state index is 0.0560. The van der Waals surface area contributed by atoms with Gasteiger partial charge in [-0.1, -0.05) is 6.07 Å². The highest BCUT2D eigenvalue weighted by Gasteiger charge is 2.16. The molecule has 0 unspecified atom stereocenters. The number of thiophene rings is 2. The van der Waals surface area contributed by atoms with Gasteiger partial charge in [0.15, 0.2) is 5.03 Å². The van der Waals surface area contributed by atoms with Crippen molar-refractivity contribution in [3.63, 3.8) is 0 Å². The van der Waals surface area contributed by atoms with Crippen molar-refractivity contribution >= 4 is 32.7 Å². The van der Waals surface area contributed by atoms with Gasteiger partial charge in [0.25, 0.3) is 10.0 Å². The number of hydrogen-bond donors (Lipinski definition) is 1. The van der Waals surface area contributed by atoms with Crippen LogP contribution in [0.15, 0.2) is 47.2 Å². The zero-order chi connectivity index (χ0) is 15.6. The summed E-state index contributed by atoms with van der Waals surface area (Å²) in [5.74, 6) is 0. The second-order valence-corrected chi connectivity index (χ2v) is 8.60. The van der Waals surface area contributed by atoms with E-state index in [1.165, 1.54) is 22.3 Å². The quantitative estimate of drug-likeness (QED) is 0.741. The zero-order valence-electron chi connectivity index (χ0n) is 11.9. The molecule has 3 aromatic heterocycles. The van der Waals surface area contributed by atoms with E-state index in [-0.39, 0.29) is 5.03 Å². The molecule has 8 heteroatoms. The van der Waals surface area contributed by atoms with Gasteiger partial charge < -0.3 is 4.57 Å². The number of sulfonamides is 1. The van der Waals surface area contributed by atoms with E-state index in [4.69, 9.17) is 0 Å². The predicted molar refractivity (Wildman–Crippen MR) is 89.7 cm³/mol. The molecular formula is C14H15N3O2S3. The Kier molecular flexibility index (Phi) is 4.44. The Hall–Kier alpha value is -1.48. The van der Waals surface area contributed by atoms with E-state index >= 15 is 0 Å². The van der Waals surface area contributed by atoms with Crippen molar-refractivity contribution in [3.8, 4) is 9.75 Å². The molecule has 0 bridgehead atoms. The molecule has 0 aliphatic heterocycles. The number of aromatic nitrogens is 2. The smallest absolute Gasteiger partial charge is 0.259 e. The lowest BCUT2D eigenvalue weighted by atomic mass is 10.3. The van der Waals surface area contributed by atoms with Crippen LogP contribution in [-0.4, -0.2) is 24.5 Å². The summed E-state index contributed by atoms with van der Waals surface area (Å²) >= 11 is 3.40. The highest BCUT2D eigenvalue weighted by molar-refractivity contribution is 7.89. The van der Waals surface area contributed by atoms with E-state index < -0.39 is 10.0 Å². The van der Waals surface area contributed by atoms with Crippen LogP contribution >= 0.6 is 22.7 Å². The molecule has 0 saturated heterocycles. The van der Waals surface area contributed by atoms with E-state index in [1.807, 2.05) is 6.07 Å². The standard InChI is InChI=1S/C14H15N3O2S3/c1-17-9-14(15-10-17)22(18,19)16-7-6-11-4-5-13(21-11)12-3-2-8-20-12/h2-5,8-10,16H,6-7H2,1H3. The van der Waals surface area contributed by atoms with Gasteiger partial charge in [0.2, 0.25) is 0 Å². The molecule has 3 rings (SSSR count). The van der Waals surface area contributed by atoms with E-state index in [9.17, 15) is 8.42 Å². The predicted octanol–water partition coefficient (Wildman–Crippen LogP) is 2.73. The molecule has 116 valence electrons. The summed E-state index contributed by atoms with van der Waals surface area (Å²) in [5, 5.41) is 2.11. The van der Waals surface area contributed by atoms with Gasteiger partial charge in [-0.2, -0.15) is 0 Å². The molecule has 0 fully saturated rings. The van der Waals surface area contributed by atoms with Gasteiger partial charge in [-0.15, -0.1) is 22.7 Å². The lowest BCUT2D eigenvalue weighted by molar-refractivity contribution is 0.578. The summed E-state index contributed by atoms with van der Waals surface area (Å²) in [6, 6.07) is 8.25. The average molecular weight is 353 g/mol. The minimum Gasteiger partial charge on any atom is -0.339 e. The van der Waals surface area contributed by atoms with Crippen molar-refractivity contribution in [1.82, 2.24) is 14.3 Å². The Morgan fingerprint density at radius 1 is 1.27 bits per heavy atom. The third-order valence-corrected chi connectivity index (χ3v) is 6.60. The lowest BCUT2D eigenvalue weighted by Crippen LogP contribution is -2.26. The molecule has 3 heterocycles. The highest BCUT2D eigenvalue weighted by Crippen LogP contribution is 2.31. The molecule has 5 nitrogen and oxygen atoms in total. The van der Waals surface area contributed by atoms with Crippen LogP contribution in [-0.2, 0) is 23.5 Å². The zero-order valence-corrected chi connectivity index (χ0v) is 14.3. The Bertz CT molecular complexity index is 848. The molecular weight excluding hydrogens is 338 g/mol. The van der Waals surface area contributed by atoms with Crippen molar-refractivity contribution < 1.29 is 8.42 Å². The van der Waals surface area contributed by atoms with E-state index in [0.29, 0.717) is 13.0 Å². The first-order valence-corrected chi connectivity index (χ1v) is 9.83. The van der Waals surface area contributed by atoms with Crippen molar-refractivity contribution in [2.24, 2.45) is 7.05 Å². The van der Waals surface area contributed by atoms with Crippen LogP contribution in [0.25, 0.3) is 9.75 Å². The van der Waals surface area contributed by atoms with Gasteiger partial charge in [-0.25, -0.2) is 18.1 Å². The average Bonchev–Trinajstić information content (AvgIpc) is 3.18. The summed E-state index contributed by atoms with van der Waals surface area (Å²) in [4.78, 5) is 7.49. The number of rotatable bonds is 6. The number of nitrogens with one attached hydrogen (secondary N) is 1. The monoisotopic (exact) mass is 353 g/mol. The molecule has 0 atom stereocenters. The van der Waals surface area contributed by atoms with Gasteiger partial charge in [0.05, 0.1) is 6.33 Å². The molecule has 0 saturated carbocycles. The molecule has 0 aliphatic rings. The van der Waals surface area contributed by atoms with Gasteiger partial charge >= 0.3 is 0 Å². The molecule has 0 radical (unpaired) electrons. The molecule has 22 heavy (non-hydrogen) atoms. The summed E-state index contributed by atoms with van der Waals surface area (Å²) in [7, 11) is -1.78. The summed E-state index contributed by atoms with van der Waals surface area (Å²) in [6.07, 6.45) is 3.63. The van der Waals surface area contributed by atoms with Crippen LogP contribution in [0.2, 0.25) is 0 Å². The fourth-order valence-electron chi connectivity index (χ4n) is 1.97. The largest absolute Gasteiger partial charge is 0.339 e. The topological polar surface area (TPSA) is 64.0 Å². The van der Waals surface area contributed by atoms with Crippen molar-refractivity contribution in [1.29, 1.82) is 0 Å². The van der Waals surface area contributed by atoms with E-state index in [2.05, 4.69) is 33.3 Å². The van der Waals surface area contributed by atoms with Gasteiger partial charge in [0.1, 0.15) is 0 Å². The third-order valence-electron chi connectivity index (χ3n) is 3.05. The van der Waals surface area contributed by atoms with Crippen LogP contribution < -0.4 is 4.72 Å². The first kappa shape index (κ1) is 15.4. The van der Waals surface area contributed by atoms with Crippen molar-refractivity contribution in [2.45, 2.75) is 11.4 Å². The Morgan fingerprint density at radius 2 is 2.14 bits per heavy atom. The number of hydrogen-bond acceptors (Lipinski definition) is 5. The fraction of sp³-hybridized carbons (Fsp3) is 0.214. The number of nitrogens with zero attached hydrogens (tertiary/aromatic N) is 2. The van der Waals surface area contributed by atoms with Crippen LogP contribution in [0.5, 0.6) is 0 Å². The van der Waals surface area contributed by atoms with Gasteiger partial charge in [-0.3, -0.25) is 0 Å². The Morgan fingerprint density at radius 3 is 2.82 bits per heavy atom. The highest BCUT2D eigenvalue weighted by atomic mass is 32.2. The maximum absolute atomic E-state index is 12.0. The molecule has 1 N–H and O–H groups in total. The van der Waals surface area contributed by atoms with Crippen LogP contribution in [0.1, 0.15) is 4.88 Å². The van der Waals surface area contributed by atoms with Crippen molar-refractivity contribution in [2.75, 3.05) is 6.54 Å². The molecule has 0 spiro atoms. The van der Waals surface area contributed by atoms with Crippen LogP contribution in [0.4, 0.5) is 0 Å². The van der Waals surface area contributed by atoms with E-state index in [0.717, 1.165) is 4.88 Å². The summed E-state index contributed by atoms with van der Waals surface area (Å²) in [5.41, 5.74) is 0. The Balaban J connectivity index is 1.59. The van der Waals surface area contributed by atoms with E-state index in [1.54, 1.807) is 34.3 Å². The summed E-state index contributed by atoms with van der Waals surface area (Å²) < 4.78 is 28.3. The second kappa shape index (κ2) is 6.33. The second-order valence-electron chi connectivity index (χ2n) is 4.77. The Labute approximate surface area is 137 Å². The van der Waals surface area contributed by atoms with Crippen molar-refractivity contribution in [3.05, 3.63) is 47.0 Å². The number of imidazole rings is 1. The lowest BCUT2D eigenvalue weighted by Gasteiger charge is -2.02. The maximum Gasteiger partial charge on any atom is 0.259 e. The molecule has 0 aromatic carbocycles. The summed E-state index contributed by atoms with van der Waals surface area (Å²) in [6.45, 7) is 0.364. The first-order chi connectivity index (χ1) is 10.5. The SMILES string of the molecule is Cn1cnc(S(=O)(=O)NCCc2ccc(-c3cccs3)s2)c1. The molecule has 0 aliphatic carbocycles. The normalized spacial score (nSPS) is 11.9. The molecule has 0 amide bonds. The molecule has 3 aromatic rings. The maximum atomic E-state index is 12.0.